The van der Waals surface area contributed by atoms with E-state index in [4.69, 9.17) is 0 Å². The minimum absolute atomic E-state index is 0.348. The summed E-state index contributed by atoms with van der Waals surface area (Å²) in [6, 6.07) is 3.78. The summed E-state index contributed by atoms with van der Waals surface area (Å²) in [5, 5.41) is 3.19. The maximum Gasteiger partial charge on any atom is 0.229 e. The molecule has 1 unspecified atom stereocenters. The van der Waals surface area contributed by atoms with E-state index < -0.39 is 10.0 Å². The molecule has 0 aliphatic carbocycles. The summed E-state index contributed by atoms with van der Waals surface area (Å²) in [6.07, 6.45) is 3.61. The molecule has 0 aliphatic heterocycles. The first-order chi connectivity index (χ1) is 7.40. The number of aromatic nitrogens is 1. The summed E-state index contributed by atoms with van der Waals surface area (Å²) < 4.78 is 24.3. The summed E-state index contributed by atoms with van der Waals surface area (Å²) in [6.45, 7) is 4.14. The maximum atomic E-state index is 11.0. The molecule has 0 aromatic carbocycles. The highest BCUT2D eigenvalue weighted by atomic mass is 32.2. The number of sulfonamides is 1. The highest BCUT2D eigenvalue weighted by Gasteiger charge is 2.03. The Kier molecular flexibility index (Phi) is 4.12. The zero-order valence-corrected chi connectivity index (χ0v) is 10.5. The van der Waals surface area contributed by atoms with E-state index in [1.54, 1.807) is 12.1 Å². The molecule has 0 amide bonds. The minimum atomic E-state index is -3.23. The fraction of sp³-hybridized carbons (Fsp3) is 0.500. The van der Waals surface area contributed by atoms with Gasteiger partial charge in [-0.2, -0.15) is 0 Å². The van der Waals surface area contributed by atoms with Gasteiger partial charge in [-0.25, -0.2) is 13.4 Å². The summed E-state index contributed by atoms with van der Waals surface area (Å²) in [7, 11) is -3.23. The van der Waals surface area contributed by atoms with Crippen LogP contribution < -0.4 is 10.0 Å². The number of nitrogens with zero attached hydrogens (tertiary/aromatic N) is 1. The zero-order valence-electron chi connectivity index (χ0n) is 9.69. The van der Waals surface area contributed by atoms with Crippen LogP contribution in [0.4, 0.5) is 11.5 Å². The molecule has 1 heterocycles. The molecule has 1 atom stereocenters. The second kappa shape index (κ2) is 5.16. The Hall–Kier alpha value is -1.30. The van der Waals surface area contributed by atoms with Crippen LogP contribution in [0.25, 0.3) is 0 Å². The lowest BCUT2D eigenvalue weighted by atomic mass is 10.2. The van der Waals surface area contributed by atoms with Crippen molar-refractivity contribution in [1.82, 2.24) is 4.98 Å². The van der Waals surface area contributed by atoms with Crippen molar-refractivity contribution in [2.24, 2.45) is 0 Å². The molecule has 0 bridgehead atoms. The third-order valence-corrected chi connectivity index (χ3v) is 2.68. The summed E-state index contributed by atoms with van der Waals surface area (Å²) in [5.74, 6) is 0.744. The Morgan fingerprint density at radius 2 is 2.12 bits per heavy atom. The molecule has 6 heteroatoms. The lowest BCUT2D eigenvalue weighted by molar-refractivity contribution is 0.607. The molecule has 0 saturated carbocycles. The van der Waals surface area contributed by atoms with Crippen LogP contribution >= 0.6 is 0 Å². The SMILES string of the molecule is CCC(C)Nc1ccc(NS(C)(=O)=O)cn1. The number of nitrogens with one attached hydrogen (secondary N) is 2. The Bertz CT molecular complexity index is 428. The Morgan fingerprint density at radius 1 is 1.44 bits per heavy atom. The molecular formula is C10H17N3O2S. The van der Waals surface area contributed by atoms with Gasteiger partial charge in [-0.3, -0.25) is 4.72 Å². The number of pyridine rings is 1. The predicted molar refractivity (Wildman–Crippen MR) is 66.1 cm³/mol. The van der Waals surface area contributed by atoms with Gasteiger partial charge in [0.2, 0.25) is 10.0 Å². The molecule has 16 heavy (non-hydrogen) atoms. The fourth-order valence-electron chi connectivity index (χ4n) is 1.11. The van der Waals surface area contributed by atoms with Crippen LogP contribution in [0.2, 0.25) is 0 Å². The van der Waals surface area contributed by atoms with Crippen molar-refractivity contribution in [3.63, 3.8) is 0 Å². The van der Waals surface area contributed by atoms with E-state index in [1.807, 2.05) is 0 Å². The highest BCUT2D eigenvalue weighted by Crippen LogP contribution is 2.12. The number of hydrogen-bond acceptors (Lipinski definition) is 4. The largest absolute Gasteiger partial charge is 0.368 e. The smallest absolute Gasteiger partial charge is 0.229 e. The third kappa shape index (κ3) is 4.48. The molecule has 1 rings (SSSR count). The van der Waals surface area contributed by atoms with Crippen molar-refractivity contribution >= 4 is 21.5 Å². The van der Waals surface area contributed by atoms with E-state index in [1.165, 1.54) is 6.20 Å². The molecule has 0 aliphatic rings. The monoisotopic (exact) mass is 243 g/mol. The molecule has 1 aromatic rings. The molecule has 0 saturated heterocycles. The first kappa shape index (κ1) is 12.8. The lowest BCUT2D eigenvalue weighted by Crippen LogP contribution is -2.14. The summed E-state index contributed by atoms with van der Waals surface area (Å²) in [4.78, 5) is 4.11. The molecule has 90 valence electrons. The molecule has 1 aromatic heterocycles. The van der Waals surface area contributed by atoms with E-state index in [0.29, 0.717) is 11.7 Å². The molecule has 0 spiro atoms. The third-order valence-electron chi connectivity index (χ3n) is 2.07. The molecule has 0 radical (unpaired) electrons. The van der Waals surface area contributed by atoms with Gasteiger partial charge in [-0.05, 0) is 25.5 Å². The van der Waals surface area contributed by atoms with Crippen molar-refractivity contribution in [2.75, 3.05) is 16.3 Å². The van der Waals surface area contributed by atoms with Gasteiger partial charge in [0.1, 0.15) is 5.82 Å². The van der Waals surface area contributed by atoms with Crippen molar-refractivity contribution in [2.45, 2.75) is 26.3 Å². The first-order valence-electron chi connectivity index (χ1n) is 5.11. The number of anilines is 2. The average molecular weight is 243 g/mol. The van der Waals surface area contributed by atoms with Gasteiger partial charge in [0.15, 0.2) is 0 Å². The quantitative estimate of drug-likeness (QED) is 0.825. The molecule has 2 N–H and O–H groups in total. The Morgan fingerprint density at radius 3 is 2.56 bits per heavy atom. The second-order valence-electron chi connectivity index (χ2n) is 3.76. The van der Waals surface area contributed by atoms with Gasteiger partial charge >= 0.3 is 0 Å². The van der Waals surface area contributed by atoms with Crippen molar-refractivity contribution in [3.8, 4) is 0 Å². The first-order valence-corrected chi connectivity index (χ1v) is 7.00. The maximum absolute atomic E-state index is 11.0. The van der Waals surface area contributed by atoms with Crippen LogP contribution in [0.15, 0.2) is 18.3 Å². The number of rotatable bonds is 5. The van der Waals surface area contributed by atoms with Crippen LogP contribution in [0, 0.1) is 0 Å². The lowest BCUT2D eigenvalue weighted by Gasteiger charge is -2.12. The van der Waals surface area contributed by atoms with Crippen molar-refractivity contribution in [1.29, 1.82) is 0 Å². The zero-order chi connectivity index (χ0) is 12.2. The average Bonchev–Trinajstić information content (AvgIpc) is 2.18. The summed E-state index contributed by atoms with van der Waals surface area (Å²) >= 11 is 0. The molecular weight excluding hydrogens is 226 g/mol. The van der Waals surface area contributed by atoms with Crippen LogP contribution in [0.3, 0.4) is 0 Å². The van der Waals surface area contributed by atoms with E-state index >= 15 is 0 Å². The van der Waals surface area contributed by atoms with Crippen molar-refractivity contribution < 1.29 is 8.42 Å². The van der Waals surface area contributed by atoms with Crippen molar-refractivity contribution in [3.05, 3.63) is 18.3 Å². The second-order valence-corrected chi connectivity index (χ2v) is 5.51. The normalized spacial score (nSPS) is 13.2. The molecule has 5 nitrogen and oxygen atoms in total. The van der Waals surface area contributed by atoms with Gasteiger partial charge in [-0.15, -0.1) is 0 Å². The molecule has 0 fully saturated rings. The van der Waals surface area contributed by atoms with E-state index in [2.05, 4.69) is 28.9 Å². The van der Waals surface area contributed by atoms with Crippen LogP contribution in [0.5, 0.6) is 0 Å². The highest BCUT2D eigenvalue weighted by molar-refractivity contribution is 7.92. The van der Waals surface area contributed by atoms with E-state index in [0.717, 1.165) is 18.5 Å². The standard InChI is InChI=1S/C10H17N3O2S/c1-4-8(2)12-10-6-5-9(7-11-10)13-16(3,14)15/h5-8,13H,4H2,1-3H3,(H,11,12). The topological polar surface area (TPSA) is 71.1 Å². The summed E-state index contributed by atoms with van der Waals surface area (Å²) in [5.41, 5.74) is 0.470. The van der Waals surface area contributed by atoms with Gasteiger partial charge in [0.05, 0.1) is 18.1 Å². The fourth-order valence-corrected chi connectivity index (χ4v) is 1.66. The number of hydrogen-bond donors (Lipinski definition) is 2. The Labute approximate surface area is 96.3 Å². The van der Waals surface area contributed by atoms with Gasteiger partial charge in [0, 0.05) is 6.04 Å². The van der Waals surface area contributed by atoms with Gasteiger partial charge < -0.3 is 5.32 Å². The van der Waals surface area contributed by atoms with Crippen LogP contribution in [0.1, 0.15) is 20.3 Å². The van der Waals surface area contributed by atoms with E-state index in [9.17, 15) is 8.42 Å². The van der Waals surface area contributed by atoms with Crippen LogP contribution in [-0.2, 0) is 10.0 Å². The van der Waals surface area contributed by atoms with Gasteiger partial charge in [0.25, 0.3) is 0 Å². The van der Waals surface area contributed by atoms with E-state index in [-0.39, 0.29) is 0 Å². The van der Waals surface area contributed by atoms with Crippen LogP contribution in [-0.4, -0.2) is 25.7 Å². The predicted octanol–water partition coefficient (Wildman–Crippen LogP) is 1.66. The Balaban J connectivity index is 2.68. The minimum Gasteiger partial charge on any atom is -0.368 e. The van der Waals surface area contributed by atoms with Gasteiger partial charge in [-0.1, -0.05) is 6.92 Å².